The van der Waals surface area contributed by atoms with Crippen molar-refractivity contribution in [3.05, 3.63) is 12.2 Å². The second-order valence-corrected chi connectivity index (χ2v) is 2.38. The monoisotopic (exact) mass is 168 g/mol. The van der Waals surface area contributed by atoms with E-state index < -0.39 is 10.8 Å². The molecule has 0 spiro atoms. The summed E-state index contributed by atoms with van der Waals surface area (Å²) in [4.78, 5) is 9.64. The van der Waals surface area contributed by atoms with Crippen molar-refractivity contribution in [1.29, 1.82) is 0 Å². The van der Waals surface area contributed by atoms with E-state index in [9.17, 15) is 4.79 Å². The van der Waals surface area contributed by atoms with Crippen LogP contribution in [0.4, 0.5) is 0 Å². The van der Waals surface area contributed by atoms with Crippen LogP contribution in [0.25, 0.3) is 0 Å². The van der Waals surface area contributed by atoms with Crippen LogP contribution in [-0.2, 0) is 9.53 Å². The molecule has 0 aromatic heterocycles. The van der Waals surface area contributed by atoms with E-state index in [4.69, 9.17) is 23.2 Å². The van der Waals surface area contributed by atoms with E-state index in [1.165, 1.54) is 19.3 Å². The number of allylic oxidation sites excluding steroid dienone is 1. The van der Waals surface area contributed by atoms with Crippen molar-refractivity contribution in [1.82, 2.24) is 0 Å². The molecular weight excluding hydrogens is 163 g/mol. The Morgan fingerprint density at radius 3 is 2.56 bits per heavy atom. The zero-order valence-electron chi connectivity index (χ0n) is 4.80. The van der Waals surface area contributed by atoms with Gasteiger partial charge in [0.05, 0.1) is 7.11 Å². The van der Waals surface area contributed by atoms with Crippen molar-refractivity contribution in [3.8, 4) is 0 Å². The maximum atomic E-state index is 10.3. The first-order valence-corrected chi connectivity index (χ1v) is 3.08. The highest BCUT2D eigenvalue weighted by atomic mass is 35.5. The Morgan fingerprint density at radius 2 is 2.22 bits per heavy atom. The fourth-order valence-electron chi connectivity index (χ4n) is 0.219. The van der Waals surface area contributed by atoms with Gasteiger partial charge in [-0.1, -0.05) is 0 Å². The van der Waals surface area contributed by atoms with Crippen LogP contribution < -0.4 is 0 Å². The zero-order valence-corrected chi connectivity index (χ0v) is 6.32. The van der Waals surface area contributed by atoms with Crippen LogP contribution in [0.2, 0.25) is 0 Å². The number of ether oxygens (including phenoxy) is 1. The Balaban J connectivity index is 3.57. The van der Waals surface area contributed by atoms with Crippen molar-refractivity contribution in [2.45, 2.75) is 4.84 Å². The van der Waals surface area contributed by atoms with Crippen LogP contribution >= 0.6 is 23.2 Å². The minimum atomic E-state index is -0.649. The molecule has 9 heavy (non-hydrogen) atoms. The molecule has 0 aliphatic heterocycles. The highest BCUT2D eigenvalue weighted by molar-refractivity contribution is 6.45. The number of methoxy groups -OCH3 is 1. The summed E-state index contributed by atoms with van der Waals surface area (Å²) < 4.78 is 4.26. The molecule has 0 heterocycles. The second kappa shape index (κ2) is 4.65. The number of halogens is 2. The molecule has 0 aromatic rings. The molecule has 0 saturated heterocycles. The SMILES string of the molecule is COC(=O)/C=C/C(Cl)Cl. The van der Waals surface area contributed by atoms with Gasteiger partial charge in [0.1, 0.15) is 4.84 Å². The molecule has 52 valence electrons. The summed E-state index contributed by atoms with van der Waals surface area (Å²) in [6.07, 6.45) is 2.50. The lowest BCUT2D eigenvalue weighted by Gasteiger charge is -1.89. The third-order valence-corrected chi connectivity index (χ3v) is 0.870. The minimum Gasteiger partial charge on any atom is -0.466 e. The topological polar surface area (TPSA) is 26.3 Å². The van der Waals surface area contributed by atoms with Crippen molar-refractivity contribution in [2.24, 2.45) is 0 Å². The summed E-state index contributed by atoms with van der Waals surface area (Å²) in [6.45, 7) is 0. The van der Waals surface area contributed by atoms with E-state index in [2.05, 4.69) is 4.74 Å². The molecule has 0 atom stereocenters. The van der Waals surface area contributed by atoms with Crippen LogP contribution in [0.15, 0.2) is 12.2 Å². The predicted octanol–water partition coefficient (Wildman–Crippen LogP) is 1.52. The molecule has 0 amide bonds. The first-order valence-electron chi connectivity index (χ1n) is 2.21. The number of alkyl halides is 2. The number of carbonyl (C=O) groups is 1. The largest absolute Gasteiger partial charge is 0.466 e. The Kier molecular flexibility index (Phi) is 4.54. The van der Waals surface area contributed by atoms with Gasteiger partial charge in [0.25, 0.3) is 0 Å². The maximum Gasteiger partial charge on any atom is 0.330 e. The van der Waals surface area contributed by atoms with Crippen molar-refractivity contribution in [2.75, 3.05) is 7.11 Å². The summed E-state index contributed by atoms with van der Waals surface area (Å²) >= 11 is 10.5. The van der Waals surface area contributed by atoms with Crippen LogP contribution in [0.1, 0.15) is 0 Å². The molecule has 0 aromatic carbocycles. The lowest BCUT2D eigenvalue weighted by molar-refractivity contribution is -0.134. The molecule has 0 unspecified atom stereocenters. The van der Waals surface area contributed by atoms with Crippen LogP contribution in [0.5, 0.6) is 0 Å². The normalized spacial score (nSPS) is 10.7. The first-order chi connectivity index (χ1) is 4.16. The van der Waals surface area contributed by atoms with Crippen molar-refractivity contribution in [3.63, 3.8) is 0 Å². The highest BCUT2D eigenvalue weighted by Gasteiger charge is 1.93. The van der Waals surface area contributed by atoms with Gasteiger partial charge in [0.15, 0.2) is 0 Å². The molecule has 0 fully saturated rings. The van der Waals surface area contributed by atoms with E-state index in [1.54, 1.807) is 0 Å². The first kappa shape index (κ1) is 8.79. The van der Waals surface area contributed by atoms with Gasteiger partial charge in [-0.05, 0) is 6.08 Å². The summed E-state index contributed by atoms with van der Waals surface area (Å²) in [5, 5.41) is 0. The van der Waals surface area contributed by atoms with Crippen molar-refractivity contribution < 1.29 is 9.53 Å². The molecule has 0 aliphatic rings. The standard InChI is InChI=1S/C5H6Cl2O2/c1-9-5(8)3-2-4(6)7/h2-4H,1H3/b3-2+. The molecule has 0 saturated carbocycles. The quantitative estimate of drug-likeness (QED) is 0.355. The zero-order chi connectivity index (χ0) is 7.28. The van der Waals surface area contributed by atoms with Crippen LogP contribution in [0, 0.1) is 0 Å². The van der Waals surface area contributed by atoms with Gasteiger partial charge in [0, 0.05) is 6.08 Å². The van der Waals surface area contributed by atoms with E-state index in [0.29, 0.717) is 0 Å². The van der Waals surface area contributed by atoms with E-state index in [-0.39, 0.29) is 0 Å². The smallest absolute Gasteiger partial charge is 0.330 e. The lowest BCUT2D eigenvalue weighted by atomic mass is 10.5. The number of hydrogen-bond acceptors (Lipinski definition) is 2. The third kappa shape index (κ3) is 5.66. The number of hydrogen-bond donors (Lipinski definition) is 0. The number of rotatable bonds is 2. The van der Waals surface area contributed by atoms with Crippen LogP contribution in [-0.4, -0.2) is 17.9 Å². The molecule has 0 radical (unpaired) electrons. The third-order valence-electron chi connectivity index (χ3n) is 0.579. The van der Waals surface area contributed by atoms with Crippen LogP contribution in [0.3, 0.4) is 0 Å². The Labute approximate surface area is 63.4 Å². The summed E-state index contributed by atoms with van der Waals surface area (Å²) in [5.41, 5.74) is 0. The molecule has 0 N–H and O–H groups in total. The van der Waals surface area contributed by atoms with E-state index in [1.807, 2.05) is 0 Å². The predicted molar refractivity (Wildman–Crippen MR) is 36.7 cm³/mol. The molecule has 4 heteroatoms. The highest BCUT2D eigenvalue weighted by Crippen LogP contribution is 2.01. The fourth-order valence-corrected chi connectivity index (χ4v) is 0.365. The van der Waals surface area contributed by atoms with Crippen molar-refractivity contribution >= 4 is 29.2 Å². The Morgan fingerprint density at radius 1 is 1.67 bits per heavy atom. The van der Waals surface area contributed by atoms with E-state index in [0.717, 1.165) is 0 Å². The average Bonchev–Trinajstić information content (AvgIpc) is 1.83. The average molecular weight is 169 g/mol. The van der Waals surface area contributed by atoms with Gasteiger partial charge in [-0.2, -0.15) is 0 Å². The van der Waals surface area contributed by atoms with Gasteiger partial charge in [0.2, 0.25) is 0 Å². The van der Waals surface area contributed by atoms with Gasteiger partial charge >= 0.3 is 5.97 Å². The minimum absolute atomic E-state index is 0.457. The maximum absolute atomic E-state index is 10.3. The van der Waals surface area contributed by atoms with E-state index >= 15 is 0 Å². The molecule has 0 rings (SSSR count). The van der Waals surface area contributed by atoms with Gasteiger partial charge in [-0.15, -0.1) is 23.2 Å². The van der Waals surface area contributed by atoms with Gasteiger partial charge < -0.3 is 4.74 Å². The number of carbonyl (C=O) groups excluding carboxylic acids is 1. The lowest BCUT2D eigenvalue weighted by Crippen LogP contribution is -1.94. The summed E-state index contributed by atoms with van der Waals surface area (Å²) in [5.74, 6) is -0.457. The number of esters is 1. The van der Waals surface area contributed by atoms with Gasteiger partial charge in [-0.25, -0.2) is 4.79 Å². The molecule has 0 bridgehead atoms. The Hall–Kier alpha value is -0.210. The molecule has 2 nitrogen and oxygen atoms in total. The fraction of sp³-hybridized carbons (Fsp3) is 0.400. The summed E-state index contributed by atoms with van der Waals surface area (Å²) in [6, 6.07) is 0. The van der Waals surface area contributed by atoms with Gasteiger partial charge in [-0.3, -0.25) is 0 Å². The summed E-state index contributed by atoms with van der Waals surface area (Å²) in [7, 11) is 1.28. The molecular formula is C5H6Cl2O2. The second-order valence-electron chi connectivity index (χ2n) is 1.22. The molecule has 0 aliphatic carbocycles. The Bertz CT molecular complexity index is 120.